The number of aliphatic carboxylic acids is 2. The van der Waals surface area contributed by atoms with Gasteiger partial charge in [0.1, 0.15) is 0 Å². The summed E-state index contributed by atoms with van der Waals surface area (Å²) in [6.07, 6.45) is -0.0856. The molecule has 2 aromatic carbocycles. The molecule has 1 unspecified atom stereocenters. The number of carboxylic acid groups (broad SMARTS) is 2. The Morgan fingerprint density at radius 2 is 1.43 bits per heavy atom. The molecule has 2 N–H and O–H groups in total. The minimum Gasteiger partial charge on any atom is -0.481 e. The van der Waals surface area contributed by atoms with E-state index in [0.29, 0.717) is 32.3 Å². The number of carboxylic acids is 2. The van der Waals surface area contributed by atoms with Crippen LogP contribution in [0.25, 0.3) is 0 Å². The predicted molar refractivity (Wildman–Crippen MR) is 142 cm³/mol. The Morgan fingerprint density at radius 3 is 2.03 bits per heavy atom. The minimum atomic E-state index is -0.907. The van der Waals surface area contributed by atoms with Crippen molar-refractivity contribution in [2.24, 2.45) is 7.05 Å². The van der Waals surface area contributed by atoms with Crippen LogP contribution < -0.4 is 0 Å². The summed E-state index contributed by atoms with van der Waals surface area (Å²) in [4.78, 5) is 47.3. The normalized spacial score (nSPS) is 11.2. The Morgan fingerprint density at radius 1 is 0.811 bits per heavy atom. The second-order valence-electron chi connectivity index (χ2n) is 8.49. The molecule has 0 saturated heterocycles. The molecule has 0 amide bonds. The van der Waals surface area contributed by atoms with Gasteiger partial charge in [-0.25, -0.2) is 0 Å². The van der Waals surface area contributed by atoms with E-state index in [1.54, 1.807) is 67.1 Å². The van der Waals surface area contributed by atoms with E-state index in [4.69, 9.17) is 10.2 Å². The summed E-state index contributed by atoms with van der Waals surface area (Å²) in [6, 6.07) is 23.0. The minimum absolute atomic E-state index is 0.0653. The largest absolute Gasteiger partial charge is 0.481 e. The van der Waals surface area contributed by atoms with Crippen LogP contribution in [0.3, 0.4) is 0 Å². The molecular formula is C29H27NO6S. The van der Waals surface area contributed by atoms with Crippen molar-refractivity contribution in [3.8, 4) is 0 Å². The maximum Gasteiger partial charge on any atom is 0.311 e. The second kappa shape index (κ2) is 12.1. The molecule has 2 heterocycles. The molecule has 0 fully saturated rings. The molecule has 4 aromatic rings. The van der Waals surface area contributed by atoms with Crippen LogP contribution in [0.15, 0.2) is 78.9 Å². The molecular weight excluding hydrogens is 490 g/mol. The lowest BCUT2D eigenvalue weighted by Gasteiger charge is -2.06. The summed E-state index contributed by atoms with van der Waals surface area (Å²) >= 11 is 1.24. The fourth-order valence-electron chi connectivity index (χ4n) is 3.53. The van der Waals surface area contributed by atoms with Crippen LogP contribution in [-0.4, -0.2) is 38.3 Å². The second-order valence-corrected chi connectivity index (χ2v) is 9.61. The zero-order chi connectivity index (χ0) is 27.1. The van der Waals surface area contributed by atoms with Crippen molar-refractivity contribution < 1.29 is 29.4 Å². The molecule has 4 rings (SSSR count). The fourth-order valence-corrected chi connectivity index (χ4v) is 4.54. The first-order valence-corrected chi connectivity index (χ1v) is 12.3. The number of hydrogen-bond acceptors (Lipinski definition) is 5. The first-order chi connectivity index (χ1) is 17.6. The van der Waals surface area contributed by atoms with Gasteiger partial charge in [-0.05, 0) is 38.1 Å². The standard InChI is InChI=1S/C15H15NO3.C14H12O3S/c1-10-3-5-11(6-4-10)15(19)13-8-7-12(16(13)2)9-14(17)18;1-9(14(16)17)11-7-8-12(18-11)13(15)10-5-3-2-4-6-10/h3-8H,9H2,1-2H3,(H,17,18);2-9H,1H3,(H,16,17). The van der Waals surface area contributed by atoms with E-state index in [-0.39, 0.29) is 18.0 Å². The van der Waals surface area contributed by atoms with E-state index in [0.717, 1.165) is 5.56 Å². The van der Waals surface area contributed by atoms with E-state index in [1.165, 1.54) is 11.3 Å². The highest BCUT2D eigenvalue weighted by Gasteiger charge is 2.19. The van der Waals surface area contributed by atoms with Gasteiger partial charge in [0.25, 0.3) is 0 Å². The third kappa shape index (κ3) is 6.89. The van der Waals surface area contributed by atoms with Gasteiger partial charge < -0.3 is 14.8 Å². The molecule has 1 atom stereocenters. The molecule has 7 nitrogen and oxygen atoms in total. The molecule has 0 aliphatic carbocycles. The highest BCUT2D eigenvalue weighted by molar-refractivity contribution is 7.14. The number of nitrogens with zero attached hydrogens (tertiary/aromatic N) is 1. The molecule has 8 heteroatoms. The Balaban J connectivity index is 0.000000206. The van der Waals surface area contributed by atoms with Crippen LogP contribution >= 0.6 is 11.3 Å². The first kappa shape index (κ1) is 27.3. The molecule has 0 aliphatic rings. The Hall–Kier alpha value is -4.30. The number of aromatic nitrogens is 1. The molecule has 37 heavy (non-hydrogen) atoms. The van der Waals surface area contributed by atoms with E-state index >= 15 is 0 Å². The van der Waals surface area contributed by atoms with Crippen molar-refractivity contribution >= 4 is 34.8 Å². The monoisotopic (exact) mass is 517 g/mol. The molecule has 0 radical (unpaired) electrons. The van der Waals surface area contributed by atoms with Gasteiger partial charge in [-0.2, -0.15) is 0 Å². The average Bonchev–Trinajstić information content (AvgIpc) is 3.51. The van der Waals surface area contributed by atoms with Crippen molar-refractivity contribution in [1.82, 2.24) is 4.57 Å². The average molecular weight is 518 g/mol. The number of aryl methyl sites for hydroxylation is 1. The summed E-state index contributed by atoms with van der Waals surface area (Å²) in [5.74, 6) is -2.53. The van der Waals surface area contributed by atoms with Crippen LogP contribution in [0.2, 0.25) is 0 Å². The maximum atomic E-state index is 12.3. The van der Waals surface area contributed by atoms with Gasteiger partial charge >= 0.3 is 11.9 Å². The van der Waals surface area contributed by atoms with Crippen molar-refractivity contribution in [3.63, 3.8) is 0 Å². The van der Waals surface area contributed by atoms with E-state index in [9.17, 15) is 19.2 Å². The van der Waals surface area contributed by atoms with Crippen molar-refractivity contribution in [2.45, 2.75) is 26.2 Å². The first-order valence-electron chi connectivity index (χ1n) is 11.5. The van der Waals surface area contributed by atoms with Gasteiger partial charge in [-0.15, -0.1) is 11.3 Å². The fraction of sp³-hybridized carbons (Fsp3) is 0.172. The topological polar surface area (TPSA) is 114 Å². The third-order valence-electron chi connectivity index (χ3n) is 5.79. The Labute approximate surface area is 218 Å². The molecule has 190 valence electrons. The molecule has 0 saturated carbocycles. The quantitative estimate of drug-likeness (QED) is 0.304. The van der Waals surface area contributed by atoms with Crippen molar-refractivity contribution in [1.29, 1.82) is 0 Å². The van der Waals surface area contributed by atoms with Gasteiger partial charge in [0, 0.05) is 28.7 Å². The van der Waals surface area contributed by atoms with Crippen LogP contribution in [0.5, 0.6) is 0 Å². The smallest absolute Gasteiger partial charge is 0.311 e. The number of ketones is 2. The summed E-state index contributed by atoms with van der Waals surface area (Å²) in [7, 11) is 1.71. The molecule has 2 aromatic heterocycles. The Bertz CT molecular complexity index is 1420. The van der Waals surface area contributed by atoms with Gasteiger partial charge in [0.2, 0.25) is 11.6 Å². The third-order valence-corrected chi connectivity index (χ3v) is 7.05. The lowest BCUT2D eigenvalue weighted by atomic mass is 10.1. The molecule has 0 spiro atoms. The van der Waals surface area contributed by atoms with Crippen LogP contribution in [0.4, 0.5) is 0 Å². The summed E-state index contributed by atoms with van der Waals surface area (Å²) in [6.45, 7) is 3.58. The lowest BCUT2D eigenvalue weighted by molar-refractivity contribution is -0.138. The highest BCUT2D eigenvalue weighted by atomic mass is 32.1. The number of carbonyl (C=O) groups is 4. The summed E-state index contributed by atoms with van der Waals surface area (Å²) in [5, 5.41) is 17.7. The maximum absolute atomic E-state index is 12.3. The van der Waals surface area contributed by atoms with Gasteiger partial charge in [-0.1, -0.05) is 60.2 Å². The van der Waals surface area contributed by atoms with E-state index in [1.807, 2.05) is 37.3 Å². The number of benzene rings is 2. The summed E-state index contributed by atoms with van der Waals surface area (Å²) in [5.41, 5.74) is 3.43. The van der Waals surface area contributed by atoms with E-state index < -0.39 is 17.9 Å². The zero-order valence-corrected chi connectivity index (χ0v) is 21.5. The lowest BCUT2D eigenvalue weighted by Crippen LogP contribution is -2.11. The zero-order valence-electron chi connectivity index (χ0n) is 20.7. The Kier molecular flexibility index (Phi) is 8.92. The van der Waals surface area contributed by atoms with Crippen LogP contribution in [-0.2, 0) is 23.1 Å². The van der Waals surface area contributed by atoms with Gasteiger partial charge in [0.15, 0.2) is 0 Å². The molecule has 0 aliphatic heterocycles. The highest BCUT2D eigenvalue weighted by Crippen LogP contribution is 2.26. The SMILES string of the molecule is CC(C(=O)O)c1ccc(C(=O)c2ccccc2)s1.Cc1ccc(C(=O)c2ccc(CC(=O)O)n2C)cc1. The van der Waals surface area contributed by atoms with Crippen LogP contribution in [0.1, 0.15) is 60.3 Å². The number of carbonyl (C=O) groups excluding carboxylic acids is 2. The van der Waals surface area contributed by atoms with Crippen molar-refractivity contribution in [3.05, 3.63) is 117 Å². The van der Waals surface area contributed by atoms with E-state index in [2.05, 4.69) is 0 Å². The van der Waals surface area contributed by atoms with Gasteiger partial charge in [-0.3, -0.25) is 19.2 Å². The number of thiophene rings is 1. The summed E-state index contributed by atoms with van der Waals surface area (Å²) < 4.78 is 1.64. The number of hydrogen-bond donors (Lipinski definition) is 2. The van der Waals surface area contributed by atoms with Gasteiger partial charge in [0.05, 0.1) is 22.9 Å². The molecule has 0 bridgehead atoms. The number of rotatable bonds is 8. The predicted octanol–water partition coefficient (Wildman–Crippen LogP) is 5.36. The van der Waals surface area contributed by atoms with Crippen molar-refractivity contribution in [2.75, 3.05) is 0 Å². The van der Waals surface area contributed by atoms with Crippen LogP contribution in [0, 0.1) is 6.92 Å².